The van der Waals surface area contributed by atoms with Gasteiger partial charge in [-0.2, -0.15) is 9.37 Å². The van der Waals surface area contributed by atoms with E-state index in [0.717, 1.165) is 12.8 Å². The maximum Gasteiger partial charge on any atom is 0.216 e. The van der Waals surface area contributed by atoms with Crippen LogP contribution >= 0.6 is 0 Å². The monoisotopic (exact) mass is 199 g/mol. The molecular weight excluding hydrogens is 185 g/mol. The molecule has 14 heavy (non-hydrogen) atoms. The summed E-state index contributed by atoms with van der Waals surface area (Å²) in [5.41, 5.74) is 0.476. The fourth-order valence-corrected chi connectivity index (χ4v) is 1.01. The maximum absolute atomic E-state index is 12.8. The van der Waals surface area contributed by atoms with Gasteiger partial charge in [-0.25, -0.2) is 0 Å². The van der Waals surface area contributed by atoms with Crippen molar-refractivity contribution in [2.75, 3.05) is 6.61 Å². The van der Waals surface area contributed by atoms with Gasteiger partial charge in [0.2, 0.25) is 11.8 Å². The predicted molar refractivity (Wildman–Crippen MR) is 50.5 cm³/mol. The minimum Gasteiger partial charge on any atom is -0.478 e. The molecule has 1 heterocycles. The van der Waals surface area contributed by atoms with Crippen LogP contribution in [-0.2, 0) is 6.61 Å². The standard InChI is InChI=1S/C10H14FNO2/c1-2-3-4-14-10-6-8(7-13)5-9(11)12-10/h5-6,13H,2-4,7H2,1H3. The van der Waals surface area contributed by atoms with Crippen molar-refractivity contribution in [3.8, 4) is 5.88 Å². The van der Waals surface area contributed by atoms with Crippen molar-refractivity contribution in [3.05, 3.63) is 23.6 Å². The molecule has 1 aromatic rings. The van der Waals surface area contributed by atoms with Gasteiger partial charge >= 0.3 is 0 Å². The molecule has 0 atom stereocenters. The molecule has 1 rings (SSSR count). The highest BCUT2D eigenvalue weighted by atomic mass is 19.1. The molecule has 0 saturated heterocycles. The van der Waals surface area contributed by atoms with Gasteiger partial charge in [-0.1, -0.05) is 13.3 Å². The van der Waals surface area contributed by atoms with Gasteiger partial charge in [0.05, 0.1) is 13.2 Å². The van der Waals surface area contributed by atoms with Crippen molar-refractivity contribution in [1.29, 1.82) is 0 Å². The Morgan fingerprint density at radius 1 is 1.50 bits per heavy atom. The Hall–Kier alpha value is -1.16. The zero-order valence-electron chi connectivity index (χ0n) is 8.16. The number of hydrogen-bond acceptors (Lipinski definition) is 3. The third-order valence-corrected chi connectivity index (χ3v) is 1.76. The van der Waals surface area contributed by atoms with Crippen LogP contribution in [0.2, 0.25) is 0 Å². The summed E-state index contributed by atoms with van der Waals surface area (Å²) < 4.78 is 18.0. The van der Waals surface area contributed by atoms with Crippen molar-refractivity contribution in [3.63, 3.8) is 0 Å². The molecule has 4 heteroatoms. The van der Waals surface area contributed by atoms with Gasteiger partial charge in [0.1, 0.15) is 0 Å². The molecule has 0 saturated carbocycles. The number of rotatable bonds is 5. The van der Waals surface area contributed by atoms with Gasteiger partial charge in [0, 0.05) is 6.07 Å². The predicted octanol–water partition coefficient (Wildman–Crippen LogP) is 1.89. The Labute approximate surface area is 82.5 Å². The summed E-state index contributed by atoms with van der Waals surface area (Å²) in [4.78, 5) is 3.55. The normalized spacial score (nSPS) is 10.2. The van der Waals surface area contributed by atoms with Crippen LogP contribution in [0.25, 0.3) is 0 Å². The topological polar surface area (TPSA) is 42.4 Å². The van der Waals surface area contributed by atoms with Gasteiger partial charge in [-0.15, -0.1) is 0 Å². The van der Waals surface area contributed by atoms with Crippen molar-refractivity contribution >= 4 is 0 Å². The average molecular weight is 199 g/mol. The van der Waals surface area contributed by atoms with E-state index in [4.69, 9.17) is 9.84 Å². The van der Waals surface area contributed by atoms with Crippen LogP contribution in [0.5, 0.6) is 5.88 Å². The number of aliphatic hydroxyl groups excluding tert-OH is 1. The number of unbranched alkanes of at least 4 members (excludes halogenated alkanes) is 1. The van der Waals surface area contributed by atoms with E-state index < -0.39 is 5.95 Å². The molecule has 78 valence electrons. The summed E-state index contributed by atoms with van der Waals surface area (Å²) in [5, 5.41) is 8.81. The second-order valence-corrected chi connectivity index (χ2v) is 3.00. The second-order valence-electron chi connectivity index (χ2n) is 3.00. The highest BCUT2D eigenvalue weighted by Gasteiger charge is 2.02. The summed E-state index contributed by atoms with van der Waals surface area (Å²) in [5.74, 6) is -0.384. The van der Waals surface area contributed by atoms with E-state index in [1.807, 2.05) is 6.92 Å². The van der Waals surface area contributed by atoms with Crippen LogP contribution in [-0.4, -0.2) is 16.7 Å². The minimum absolute atomic E-state index is 0.205. The van der Waals surface area contributed by atoms with Gasteiger partial charge in [-0.05, 0) is 18.1 Å². The third kappa shape index (κ3) is 3.30. The van der Waals surface area contributed by atoms with E-state index in [1.165, 1.54) is 6.07 Å². The molecule has 1 aromatic heterocycles. The molecule has 0 unspecified atom stereocenters. The molecule has 0 spiro atoms. The van der Waals surface area contributed by atoms with E-state index in [2.05, 4.69) is 4.98 Å². The van der Waals surface area contributed by atoms with Crippen molar-refractivity contribution in [1.82, 2.24) is 4.98 Å². The first-order chi connectivity index (χ1) is 6.76. The summed E-state index contributed by atoms with van der Waals surface area (Å²) in [6, 6.07) is 2.73. The number of aliphatic hydroxyl groups is 1. The smallest absolute Gasteiger partial charge is 0.216 e. The van der Waals surface area contributed by atoms with E-state index in [-0.39, 0.29) is 12.5 Å². The minimum atomic E-state index is -0.622. The molecule has 0 aromatic carbocycles. The Morgan fingerprint density at radius 3 is 2.93 bits per heavy atom. The highest BCUT2D eigenvalue weighted by Crippen LogP contribution is 2.12. The van der Waals surface area contributed by atoms with E-state index >= 15 is 0 Å². The Morgan fingerprint density at radius 2 is 2.29 bits per heavy atom. The van der Waals surface area contributed by atoms with Crippen LogP contribution in [0, 0.1) is 5.95 Å². The molecule has 1 N–H and O–H groups in total. The first-order valence-electron chi connectivity index (χ1n) is 4.66. The summed E-state index contributed by atoms with van der Waals surface area (Å²) >= 11 is 0. The third-order valence-electron chi connectivity index (χ3n) is 1.76. The number of aromatic nitrogens is 1. The van der Waals surface area contributed by atoms with Crippen LogP contribution in [0.1, 0.15) is 25.3 Å². The zero-order valence-corrected chi connectivity index (χ0v) is 8.16. The van der Waals surface area contributed by atoms with Crippen molar-refractivity contribution in [2.45, 2.75) is 26.4 Å². The van der Waals surface area contributed by atoms with Gasteiger partial charge in [-0.3, -0.25) is 0 Å². The second kappa shape index (κ2) is 5.54. The SMILES string of the molecule is CCCCOc1cc(CO)cc(F)n1. The Kier molecular flexibility index (Phi) is 4.32. The van der Waals surface area contributed by atoms with Crippen LogP contribution in [0.3, 0.4) is 0 Å². The average Bonchev–Trinajstić information content (AvgIpc) is 2.17. The van der Waals surface area contributed by atoms with Gasteiger partial charge in [0.25, 0.3) is 0 Å². The number of nitrogens with zero attached hydrogens (tertiary/aromatic N) is 1. The number of pyridine rings is 1. The van der Waals surface area contributed by atoms with Crippen LogP contribution < -0.4 is 4.74 Å². The molecule has 0 amide bonds. The first-order valence-corrected chi connectivity index (χ1v) is 4.66. The fourth-order valence-electron chi connectivity index (χ4n) is 1.01. The molecule has 0 aliphatic carbocycles. The molecule has 0 bridgehead atoms. The fraction of sp³-hybridized carbons (Fsp3) is 0.500. The maximum atomic E-state index is 12.8. The molecule has 0 aliphatic rings. The van der Waals surface area contributed by atoms with Crippen LogP contribution in [0.4, 0.5) is 4.39 Å². The van der Waals surface area contributed by atoms with Gasteiger partial charge < -0.3 is 9.84 Å². The lowest BCUT2D eigenvalue weighted by molar-refractivity contribution is 0.273. The van der Waals surface area contributed by atoms with Gasteiger partial charge in [0.15, 0.2) is 0 Å². The molecule has 0 radical (unpaired) electrons. The Balaban J connectivity index is 2.62. The number of ether oxygens (including phenoxy) is 1. The van der Waals surface area contributed by atoms with Crippen molar-refractivity contribution < 1.29 is 14.2 Å². The quantitative estimate of drug-likeness (QED) is 0.581. The number of hydrogen-bond donors (Lipinski definition) is 1. The lowest BCUT2D eigenvalue weighted by Gasteiger charge is -2.05. The Bertz CT molecular complexity index is 291. The van der Waals surface area contributed by atoms with E-state index in [1.54, 1.807) is 6.07 Å². The number of halogens is 1. The molecule has 0 fully saturated rings. The summed E-state index contributed by atoms with van der Waals surface area (Å²) in [6.07, 6.45) is 1.93. The summed E-state index contributed by atoms with van der Waals surface area (Å²) in [7, 11) is 0. The lowest BCUT2D eigenvalue weighted by Crippen LogP contribution is -2.00. The van der Waals surface area contributed by atoms with E-state index in [9.17, 15) is 4.39 Å². The molecule has 3 nitrogen and oxygen atoms in total. The molecular formula is C10H14FNO2. The van der Waals surface area contributed by atoms with E-state index in [0.29, 0.717) is 12.2 Å². The zero-order chi connectivity index (χ0) is 10.4. The first kappa shape index (κ1) is 10.9. The largest absolute Gasteiger partial charge is 0.478 e. The van der Waals surface area contributed by atoms with Crippen LogP contribution in [0.15, 0.2) is 12.1 Å². The van der Waals surface area contributed by atoms with Crippen molar-refractivity contribution in [2.24, 2.45) is 0 Å². The molecule has 0 aliphatic heterocycles. The highest BCUT2D eigenvalue weighted by molar-refractivity contribution is 5.20. The lowest BCUT2D eigenvalue weighted by atomic mass is 10.3. The summed E-state index contributed by atoms with van der Waals surface area (Å²) in [6.45, 7) is 2.36.